The minimum absolute atomic E-state index is 0.0877. The maximum absolute atomic E-state index is 12.5. The molecule has 1 amide bonds. The van der Waals surface area contributed by atoms with Crippen molar-refractivity contribution in [3.05, 3.63) is 35.9 Å². The van der Waals surface area contributed by atoms with E-state index in [2.05, 4.69) is 12.2 Å². The first-order valence-corrected chi connectivity index (χ1v) is 7.56. The summed E-state index contributed by atoms with van der Waals surface area (Å²) in [7, 11) is 0. The molecule has 3 atom stereocenters. The van der Waals surface area contributed by atoms with Gasteiger partial charge in [0.2, 0.25) is 5.91 Å². The summed E-state index contributed by atoms with van der Waals surface area (Å²) in [5, 5.41) is 11.9. The molecule has 0 saturated heterocycles. The standard InChI is InChI=1S/C17H25NO3/c1-4-12(3)15(14-9-7-6-8-10-14)16(19)18-11-13(5-2)17(20)21/h6-10,12-13,15H,4-5,11H2,1-3H3,(H,18,19)(H,20,21). The second-order valence-corrected chi connectivity index (χ2v) is 5.46. The molecule has 21 heavy (non-hydrogen) atoms. The van der Waals surface area contributed by atoms with Gasteiger partial charge in [0.15, 0.2) is 0 Å². The van der Waals surface area contributed by atoms with Crippen molar-refractivity contribution in [2.75, 3.05) is 6.54 Å². The minimum Gasteiger partial charge on any atom is -0.481 e. The average molecular weight is 291 g/mol. The van der Waals surface area contributed by atoms with Gasteiger partial charge in [0.05, 0.1) is 11.8 Å². The molecular weight excluding hydrogens is 266 g/mol. The summed E-state index contributed by atoms with van der Waals surface area (Å²) in [4.78, 5) is 23.5. The third-order valence-corrected chi connectivity index (χ3v) is 4.02. The molecule has 0 aromatic heterocycles. The molecule has 1 rings (SSSR count). The van der Waals surface area contributed by atoms with Crippen molar-refractivity contribution in [3.8, 4) is 0 Å². The van der Waals surface area contributed by atoms with Crippen LogP contribution in [0, 0.1) is 11.8 Å². The lowest BCUT2D eigenvalue weighted by atomic mass is 9.85. The van der Waals surface area contributed by atoms with E-state index in [9.17, 15) is 9.59 Å². The zero-order valence-electron chi connectivity index (χ0n) is 13.0. The summed E-state index contributed by atoms with van der Waals surface area (Å²) in [6.45, 7) is 6.10. The second kappa shape index (κ2) is 8.45. The molecule has 2 N–H and O–H groups in total. The number of hydrogen-bond donors (Lipinski definition) is 2. The van der Waals surface area contributed by atoms with E-state index < -0.39 is 11.9 Å². The molecule has 3 unspecified atom stereocenters. The molecule has 1 aromatic rings. The van der Waals surface area contributed by atoms with E-state index in [1.807, 2.05) is 44.2 Å². The van der Waals surface area contributed by atoms with Crippen LogP contribution in [-0.2, 0) is 9.59 Å². The first-order chi connectivity index (χ1) is 10.0. The first-order valence-electron chi connectivity index (χ1n) is 7.56. The molecule has 116 valence electrons. The van der Waals surface area contributed by atoms with E-state index in [1.165, 1.54) is 0 Å². The number of nitrogens with one attached hydrogen (secondary N) is 1. The zero-order valence-corrected chi connectivity index (χ0v) is 13.0. The highest BCUT2D eigenvalue weighted by atomic mass is 16.4. The Bertz CT molecular complexity index is 458. The molecule has 0 radical (unpaired) electrons. The molecule has 0 heterocycles. The summed E-state index contributed by atoms with van der Waals surface area (Å²) >= 11 is 0. The van der Waals surface area contributed by atoms with Gasteiger partial charge in [-0.05, 0) is 17.9 Å². The number of amides is 1. The molecule has 0 saturated carbocycles. The fourth-order valence-electron chi connectivity index (χ4n) is 2.37. The Kier molecular flexibility index (Phi) is 6.92. The van der Waals surface area contributed by atoms with Gasteiger partial charge in [0, 0.05) is 6.54 Å². The molecular formula is C17H25NO3. The lowest BCUT2D eigenvalue weighted by molar-refractivity contribution is -0.141. The van der Waals surface area contributed by atoms with E-state index in [0.29, 0.717) is 6.42 Å². The lowest BCUT2D eigenvalue weighted by Gasteiger charge is -2.23. The van der Waals surface area contributed by atoms with Gasteiger partial charge < -0.3 is 10.4 Å². The molecule has 4 nitrogen and oxygen atoms in total. The van der Waals surface area contributed by atoms with Crippen LogP contribution in [0.3, 0.4) is 0 Å². The molecule has 0 spiro atoms. The third-order valence-electron chi connectivity index (χ3n) is 4.02. The molecule has 0 fully saturated rings. The van der Waals surface area contributed by atoms with E-state index in [1.54, 1.807) is 0 Å². The van der Waals surface area contributed by atoms with E-state index in [0.717, 1.165) is 12.0 Å². The van der Waals surface area contributed by atoms with E-state index in [-0.39, 0.29) is 24.3 Å². The zero-order chi connectivity index (χ0) is 15.8. The Morgan fingerprint density at radius 3 is 2.24 bits per heavy atom. The van der Waals surface area contributed by atoms with Gasteiger partial charge in [-0.1, -0.05) is 57.5 Å². The topological polar surface area (TPSA) is 66.4 Å². The largest absolute Gasteiger partial charge is 0.481 e. The summed E-state index contributed by atoms with van der Waals surface area (Å²) < 4.78 is 0. The summed E-state index contributed by atoms with van der Waals surface area (Å²) in [6.07, 6.45) is 1.40. The van der Waals surface area contributed by atoms with Gasteiger partial charge in [-0.2, -0.15) is 0 Å². The van der Waals surface area contributed by atoms with Crippen LogP contribution in [-0.4, -0.2) is 23.5 Å². The predicted octanol–water partition coefficient (Wildman–Crippen LogP) is 3.04. The fraction of sp³-hybridized carbons (Fsp3) is 0.529. The Morgan fingerprint density at radius 2 is 1.76 bits per heavy atom. The highest BCUT2D eigenvalue weighted by Crippen LogP contribution is 2.27. The van der Waals surface area contributed by atoms with Crippen molar-refractivity contribution in [2.24, 2.45) is 11.8 Å². The van der Waals surface area contributed by atoms with Crippen LogP contribution in [0.4, 0.5) is 0 Å². The Labute approximate surface area is 126 Å². The number of carboxylic acids is 1. The Hall–Kier alpha value is -1.84. The first kappa shape index (κ1) is 17.2. The maximum atomic E-state index is 12.5. The number of carbonyl (C=O) groups excluding carboxylic acids is 1. The molecule has 0 aliphatic rings. The van der Waals surface area contributed by atoms with Crippen molar-refractivity contribution in [2.45, 2.75) is 39.5 Å². The normalized spacial score (nSPS) is 15.0. The highest BCUT2D eigenvalue weighted by Gasteiger charge is 2.26. The number of rotatable bonds is 8. The predicted molar refractivity (Wildman–Crippen MR) is 83.1 cm³/mol. The fourth-order valence-corrected chi connectivity index (χ4v) is 2.37. The van der Waals surface area contributed by atoms with Crippen LogP contribution in [0.1, 0.15) is 45.1 Å². The monoisotopic (exact) mass is 291 g/mol. The van der Waals surface area contributed by atoms with E-state index >= 15 is 0 Å². The van der Waals surface area contributed by atoms with Gasteiger partial charge >= 0.3 is 5.97 Å². The van der Waals surface area contributed by atoms with Gasteiger partial charge in [-0.3, -0.25) is 9.59 Å². The van der Waals surface area contributed by atoms with Crippen molar-refractivity contribution in [1.82, 2.24) is 5.32 Å². The number of carboxylic acid groups (broad SMARTS) is 1. The number of benzene rings is 1. The van der Waals surface area contributed by atoms with Crippen molar-refractivity contribution in [1.29, 1.82) is 0 Å². The number of carbonyl (C=O) groups is 2. The summed E-state index contributed by atoms with van der Waals surface area (Å²) in [5.41, 5.74) is 0.979. The number of aliphatic carboxylic acids is 1. The van der Waals surface area contributed by atoms with Crippen molar-refractivity contribution in [3.63, 3.8) is 0 Å². The molecule has 0 aliphatic heterocycles. The van der Waals surface area contributed by atoms with Crippen LogP contribution in [0.5, 0.6) is 0 Å². The Balaban J connectivity index is 2.80. The molecule has 0 bridgehead atoms. The lowest BCUT2D eigenvalue weighted by Crippen LogP contribution is -2.37. The van der Waals surface area contributed by atoms with Gasteiger partial charge in [0.1, 0.15) is 0 Å². The van der Waals surface area contributed by atoms with Crippen LogP contribution in [0.25, 0.3) is 0 Å². The second-order valence-electron chi connectivity index (χ2n) is 5.46. The molecule has 1 aromatic carbocycles. The summed E-state index contributed by atoms with van der Waals surface area (Å²) in [6, 6.07) is 9.66. The van der Waals surface area contributed by atoms with Gasteiger partial charge in [-0.25, -0.2) is 0 Å². The number of hydrogen-bond acceptors (Lipinski definition) is 2. The van der Waals surface area contributed by atoms with Crippen molar-refractivity contribution >= 4 is 11.9 Å². The van der Waals surface area contributed by atoms with Crippen LogP contribution in [0.2, 0.25) is 0 Å². The van der Waals surface area contributed by atoms with Crippen LogP contribution in [0.15, 0.2) is 30.3 Å². The smallest absolute Gasteiger partial charge is 0.308 e. The van der Waals surface area contributed by atoms with Crippen LogP contribution >= 0.6 is 0 Å². The highest BCUT2D eigenvalue weighted by molar-refractivity contribution is 5.84. The SMILES string of the molecule is CCC(CNC(=O)C(c1ccccc1)C(C)CC)C(=O)O. The average Bonchev–Trinajstić information content (AvgIpc) is 2.48. The minimum atomic E-state index is -0.863. The quantitative estimate of drug-likeness (QED) is 0.773. The maximum Gasteiger partial charge on any atom is 0.308 e. The van der Waals surface area contributed by atoms with Crippen molar-refractivity contribution < 1.29 is 14.7 Å². The summed E-state index contributed by atoms with van der Waals surface area (Å²) in [5.74, 6) is -1.50. The Morgan fingerprint density at radius 1 is 1.14 bits per heavy atom. The van der Waals surface area contributed by atoms with Gasteiger partial charge in [0.25, 0.3) is 0 Å². The third kappa shape index (κ3) is 4.88. The van der Waals surface area contributed by atoms with E-state index in [4.69, 9.17) is 5.11 Å². The van der Waals surface area contributed by atoms with Crippen LogP contribution < -0.4 is 5.32 Å². The molecule has 0 aliphatic carbocycles. The molecule has 4 heteroatoms. The van der Waals surface area contributed by atoms with Gasteiger partial charge in [-0.15, -0.1) is 0 Å².